The number of nitrogens with zero attached hydrogens (tertiary/aromatic N) is 2. The topological polar surface area (TPSA) is 61.9 Å². The standard InChI is InChI=1S/C29H30ClN3O3/c1-36-25-13-7-22(8-14-25)20-33-28(35)26(19-21-5-3-2-4-6-21)31-29(33)15-17-32(18-16-29)27(34)23-9-11-24(30)12-10-23/h2-14,26,31H,15-20H2,1H3/t26-/m0/s1. The van der Waals surface area contributed by atoms with Gasteiger partial charge in [-0.15, -0.1) is 0 Å². The second-order valence-corrected chi connectivity index (χ2v) is 9.93. The maximum absolute atomic E-state index is 13.7. The quantitative estimate of drug-likeness (QED) is 0.537. The second kappa shape index (κ2) is 10.3. The van der Waals surface area contributed by atoms with Gasteiger partial charge >= 0.3 is 0 Å². The van der Waals surface area contributed by atoms with Crippen molar-refractivity contribution in [2.45, 2.75) is 37.5 Å². The van der Waals surface area contributed by atoms with Gasteiger partial charge in [-0.05, 0) is 53.9 Å². The minimum Gasteiger partial charge on any atom is -0.497 e. The molecule has 2 aliphatic rings. The van der Waals surface area contributed by atoms with Crippen LogP contribution >= 0.6 is 11.6 Å². The molecule has 186 valence electrons. The van der Waals surface area contributed by atoms with Crippen molar-refractivity contribution < 1.29 is 14.3 Å². The van der Waals surface area contributed by atoms with Gasteiger partial charge in [0.2, 0.25) is 5.91 Å². The Bertz CT molecular complexity index is 1210. The van der Waals surface area contributed by atoms with Crippen LogP contribution in [-0.4, -0.2) is 53.5 Å². The molecule has 36 heavy (non-hydrogen) atoms. The molecule has 7 heteroatoms. The molecule has 2 heterocycles. The van der Waals surface area contributed by atoms with E-state index in [1.54, 1.807) is 31.4 Å². The fourth-order valence-electron chi connectivity index (χ4n) is 5.26. The van der Waals surface area contributed by atoms with Gasteiger partial charge in [-0.3, -0.25) is 14.9 Å². The molecule has 1 atom stereocenters. The van der Waals surface area contributed by atoms with Gasteiger partial charge in [0.1, 0.15) is 5.75 Å². The molecule has 1 N–H and O–H groups in total. The van der Waals surface area contributed by atoms with E-state index in [-0.39, 0.29) is 17.9 Å². The van der Waals surface area contributed by atoms with E-state index < -0.39 is 5.66 Å². The zero-order valence-corrected chi connectivity index (χ0v) is 21.1. The molecule has 3 aromatic rings. The van der Waals surface area contributed by atoms with Crippen molar-refractivity contribution in [3.05, 3.63) is 101 Å². The monoisotopic (exact) mass is 503 g/mol. The molecular weight excluding hydrogens is 474 g/mol. The fourth-order valence-corrected chi connectivity index (χ4v) is 5.39. The minimum atomic E-state index is -0.493. The van der Waals surface area contributed by atoms with Gasteiger partial charge in [0.15, 0.2) is 0 Å². The van der Waals surface area contributed by atoms with Gasteiger partial charge in [-0.1, -0.05) is 54.1 Å². The average Bonchev–Trinajstić information content (AvgIpc) is 3.15. The number of ether oxygens (including phenoxy) is 1. The number of amides is 2. The van der Waals surface area contributed by atoms with Crippen LogP contribution in [0.3, 0.4) is 0 Å². The lowest BCUT2D eigenvalue weighted by Gasteiger charge is -2.44. The molecular formula is C29H30ClN3O3. The molecule has 2 saturated heterocycles. The summed E-state index contributed by atoms with van der Waals surface area (Å²) in [4.78, 5) is 30.7. The van der Waals surface area contributed by atoms with Crippen LogP contribution in [0.5, 0.6) is 5.75 Å². The summed E-state index contributed by atoms with van der Waals surface area (Å²) in [5.74, 6) is 0.885. The van der Waals surface area contributed by atoms with Crippen molar-refractivity contribution >= 4 is 23.4 Å². The number of carbonyl (C=O) groups is 2. The summed E-state index contributed by atoms with van der Waals surface area (Å²) in [5, 5.41) is 4.31. The van der Waals surface area contributed by atoms with Crippen LogP contribution in [0, 0.1) is 0 Å². The molecule has 5 rings (SSSR count). The number of nitrogens with one attached hydrogen (secondary N) is 1. The van der Waals surface area contributed by atoms with E-state index in [0.717, 1.165) is 16.9 Å². The predicted octanol–water partition coefficient (Wildman–Crippen LogP) is 4.52. The highest BCUT2D eigenvalue weighted by Gasteiger charge is 2.51. The van der Waals surface area contributed by atoms with Gasteiger partial charge in [0.25, 0.3) is 5.91 Å². The first-order chi connectivity index (χ1) is 17.5. The van der Waals surface area contributed by atoms with Gasteiger partial charge in [0, 0.05) is 43.1 Å². The van der Waals surface area contributed by atoms with E-state index >= 15 is 0 Å². The molecule has 2 aliphatic heterocycles. The molecule has 1 spiro atoms. The zero-order chi connectivity index (χ0) is 25.1. The first kappa shape index (κ1) is 24.3. The number of piperidine rings is 1. The molecule has 0 aliphatic carbocycles. The number of hydrogen-bond donors (Lipinski definition) is 1. The third-order valence-corrected chi connectivity index (χ3v) is 7.53. The summed E-state index contributed by atoms with van der Waals surface area (Å²) >= 11 is 5.99. The van der Waals surface area contributed by atoms with E-state index in [2.05, 4.69) is 17.4 Å². The van der Waals surface area contributed by atoms with Crippen molar-refractivity contribution in [1.82, 2.24) is 15.1 Å². The predicted molar refractivity (Wildman–Crippen MR) is 140 cm³/mol. The van der Waals surface area contributed by atoms with E-state index in [0.29, 0.717) is 49.5 Å². The molecule has 0 bridgehead atoms. The summed E-state index contributed by atoms with van der Waals surface area (Å²) in [5.41, 5.74) is 2.31. The normalized spacial score (nSPS) is 19.1. The highest BCUT2D eigenvalue weighted by molar-refractivity contribution is 6.30. The first-order valence-electron chi connectivity index (χ1n) is 12.3. The van der Waals surface area contributed by atoms with Crippen molar-refractivity contribution in [3.63, 3.8) is 0 Å². The maximum Gasteiger partial charge on any atom is 0.253 e. The van der Waals surface area contributed by atoms with Gasteiger partial charge < -0.3 is 14.5 Å². The van der Waals surface area contributed by atoms with Gasteiger partial charge in [-0.2, -0.15) is 0 Å². The van der Waals surface area contributed by atoms with Crippen molar-refractivity contribution in [2.24, 2.45) is 0 Å². The summed E-state index contributed by atoms with van der Waals surface area (Å²) in [6, 6.07) is 24.6. The fraction of sp³-hybridized carbons (Fsp3) is 0.310. The Kier molecular flexibility index (Phi) is 6.99. The lowest BCUT2D eigenvalue weighted by molar-refractivity contribution is -0.134. The third-order valence-electron chi connectivity index (χ3n) is 7.28. The summed E-state index contributed by atoms with van der Waals surface area (Å²) in [6.07, 6.45) is 1.97. The van der Waals surface area contributed by atoms with Crippen molar-refractivity contribution in [3.8, 4) is 5.75 Å². The lowest BCUT2D eigenvalue weighted by atomic mass is 9.94. The molecule has 2 amide bonds. The molecule has 0 unspecified atom stereocenters. The second-order valence-electron chi connectivity index (χ2n) is 9.49. The van der Waals surface area contributed by atoms with Crippen molar-refractivity contribution in [2.75, 3.05) is 20.2 Å². The Balaban J connectivity index is 1.36. The highest BCUT2D eigenvalue weighted by atomic mass is 35.5. The number of carbonyl (C=O) groups excluding carboxylic acids is 2. The van der Waals surface area contributed by atoms with E-state index in [4.69, 9.17) is 16.3 Å². The number of rotatable bonds is 6. The van der Waals surface area contributed by atoms with E-state index in [1.165, 1.54) is 0 Å². The van der Waals surface area contributed by atoms with Crippen LogP contribution in [0.4, 0.5) is 0 Å². The van der Waals surface area contributed by atoms with Crippen LogP contribution in [0.2, 0.25) is 5.02 Å². The number of benzene rings is 3. The zero-order valence-electron chi connectivity index (χ0n) is 20.3. The summed E-state index contributed by atoms with van der Waals surface area (Å²) < 4.78 is 5.29. The molecule has 6 nitrogen and oxygen atoms in total. The molecule has 0 aromatic heterocycles. The minimum absolute atomic E-state index is 0.00613. The largest absolute Gasteiger partial charge is 0.497 e. The summed E-state index contributed by atoms with van der Waals surface area (Å²) in [7, 11) is 1.64. The van der Waals surface area contributed by atoms with Crippen LogP contribution in [0.1, 0.15) is 34.3 Å². The maximum atomic E-state index is 13.7. The van der Waals surface area contributed by atoms with Crippen LogP contribution in [-0.2, 0) is 17.8 Å². The Morgan fingerprint density at radius 2 is 1.64 bits per heavy atom. The van der Waals surface area contributed by atoms with E-state index in [9.17, 15) is 9.59 Å². The lowest BCUT2D eigenvalue weighted by Crippen LogP contribution is -2.59. The number of likely N-dealkylation sites (tertiary alicyclic amines) is 1. The Morgan fingerprint density at radius 3 is 2.28 bits per heavy atom. The number of hydrogen-bond acceptors (Lipinski definition) is 4. The average molecular weight is 504 g/mol. The van der Waals surface area contributed by atoms with Gasteiger partial charge in [0.05, 0.1) is 18.8 Å². The van der Waals surface area contributed by atoms with Crippen LogP contribution < -0.4 is 10.1 Å². The Hall–Kier alpha value is -3.35. The number of halogens is 1. The SMILES string of the molecule is COc1ccc(CN2C(=O)[C@H](Cc3ccccc3)NC23CCN(C(=O)c2ccc(Cl)cc2)CC3)cc1. The molecule has 0 saturated carbocycles. The Morgan fingerprint density at radius 1 is 0.972 bits per heavy atom. The molecule has 0 radical (unpaired) electrons. The van der Waals surface area contributed by atoms with Gasteiger partial charge in [-0.25, -0.2) is 0 Å². The number of methoxy groups -OCH3 is 1. The van der Waals surface area contributed by atoms with Crippen LogP contribution in [0.25, 0.3) is 0 Å². The molecule has 3 aromatic carbocycles. The highest BCUT2D eigenvalue weighted by Crippen LogP contribution is 2.35. The van der Waals surface area contributed by atoms with Crippen LogP contribution in [0.15, 0.2) is 78.9 Å². The Labute approximate surface area is 216 Å². The van der Waals surface area contributed by atoms with E-state index in [1.807, 2.05) is 52.3 Å². The molecule has 2 fully saturated rings. The summed E-state index contributed by atoms with van der Waals surface area (Å²) in [6.45, 7) is 1.64. The third kappa shape index (κ3) is 4.97. The first-order valence-corrected chi connectivity index (χ1v) is 12.7. The smallest absolute Gasteiger partial charge is 0.253 e. The van der Waals surface area contributed by atoms with Crippen molar-refractivity contribution in [1.29, 1.82) is 0 Å².